The summed E-state index contributed by atoms with van der Waals surface area (Å²) < 4.78 is 3.97. The third kappa shape index (κ3) is 2.30. The minimum Gasteiger partial charge on any atom is -0.387 e. The van der Waals surface area contributed by atoms with Crippen molar-refractivity contribution in [1.82, 2.24) is 0 Å². The molecule has 0 aromatic heterocycles. The van der Waals surface area contributed by atoms with Crippen molar-refractivity contribution in [3.05, 3.63) is 37.0 Å². The van der Waals surface area contributed by atoms with E-state index in [9.17, 15) is 9.59 Å². The Bertz CT molecular complexity index is 363. The lowest BCUT2D eigenvalue weighted by Crippen LogP contribution is -2.01. The molecule has 1 saturated carbocycles. The van der Waals surface area contributed by atoms with Gasteiger partial charge in [0.05, 0.1) is 0 Å². The van der Waals surface area contributed by atoms with Crippen LogP contribution in [0.1, 0.15) is 12.8 Å². The second-order valence-corrected chi connectivity index (χ2v) is 4.25. The summed E-state index contributed by atoms with van der Waals surface area (Å²) in [6, 6.07) is 0. The number of esters is 2. The molecule has 0 spiro atoms. The van der Waals surface area contributed by atoms with Crippen LogP contribution in [0.5, 0.6) is 0 Å². The fourth-order valence-electron chi connectivity index (χ4n) is 2.40. The standard InChI is InChI=1S/C9H12.C4H2O3/c1-2-8-5-7-3-4-9(8)6-7;5-3-1-2-4(6)7-3/h2-4,7-9H,1,5-6H2;1-2H. The van der Waals surface area contributed by atoms with E-state index >= 15 is 0 Å². The number of fused-ring (bicyclic) bond motifs is 2. The van der Waals surface area contributed by atoms with Crippen molar-refractivity contribution in [2.45, 2.75) is 12.8 Å². The highest BCUT2D eigenvalue weighted by Crippen LogP contribution is 2.43. The number of cyclic esters (lactones) is 2. The molecule has 3 aliphatic rings. The van der Waals surface area contributed by atoms with Crippen molar-refractivity contribution in [2.24, 2.45) is 17.8 Å². The van der Waals surface area contributed by atoms with Crippen LogP contribution < -0.4 is 0 Å². The van der Waals surface area contributed by atoms with Crippen LogP contribution in [0, 0.1) is 17.8 Å². The molecule has 3 atom stereocenters. The van der Waals surface area contributed by atoms with Gasteiger partial charge in [0.2, 0.25) is 0 Å². The molecule has 0 N–H and O–H groups in total. The summed E-state index contributed by atoms with van der Waals surface area (Å²) in [5, 5.41) is 0. The van der Waals surface area contributed by atoms with Gasteiger partial charge in [-0.15, -0.1) is 6.58 Å². The summed E-state index contributed by atoms with van der Waals surface area (Å²) in [5.74, 6) is 1.40. The monoisotopic (exact) mass is 218 g/mol. The second kappa shape index (κ2) is 4.47. The van der Waals surface area contributed by atoms with Crippen LogP contribution in [0.4, 0.5) is 0 Å². The van der Waals surface area contributed by atoms with Gasteiger partial charge in [0.1, 0.15) is 0 Å². The molecule has 84 valence electrons. The lowest BCUT2D eigenvalue weighted by atomic mass is 9.94. The predicted molar refractivity (Wildman–Crippen MR) is 59.3 cm³/mol. The molecule has 1 fully saturated rings. The summed E-state index contributed by atoms with van der Waals surface area (Å²) in [7, 11) is 0. The normalized spacial score (nSPS) is 33.6. The number of rotatable bonds is 1. The van der Waals surface area contributed by atoms with Crippen LogP contribution in [0.15, 0.2) is 37.0 Å². The van der Waals surface area contributed by atoms with Crippen molar-refractivity contribution in [3.8, 4) is 0 Å². The third-order valence-electron chi connectivity index (χ3n) is 3.19. The van der Waals surface area contributed by atoms with Gasteiger partial charge in [-0.05, 0) is 30.6 Å². The summed E-state index contributed by atoms with van der Waals surface area (Å²) in [4.78, 5) is 19.8. The molecule has 3 heteroatoms. The van der Waals surface area contributed by atoms with Crippen LogP contribution in [0.25, 0.3) is 0 Å². The molecule has 1 aliphatic heterocycles. The fourth-order valence-corrected chi connectivity index (χ4v) is 2.40. The highest BCUT2D eigenvalue weighted by atomic mass is 16.6. The minimum absolute atomic E-state index is 0.579. The minimum atomic E-state index is -0.579. The number of hydrogen-bond acceptors (Lipinski definition) is 3. The van der Waals surface area contributed by atoms with E-state index in [1.165, 1.54) is 12.8 Å². The Labute approximate surface area is 94.5 Å². The van der Waals surface area contributed by atoms with Gasteiger partial charge in [-0.2, -0.15) is 0 Å². The van der Waals surface area contributed by atoms with Crippen LogP contribution in [-0.4, -0.2) is 11.9 Å². The Morgan fingerprint density at radius 2 is 1.88 bits per heavy atom. The van der Waals surface area contributed by atoms with E-state index in [1.54, 1.807) is 0 Å². The first-order valence-corrected chi connectivity index (χ1v) is 5.44. The van der Waals surface area contributed by atoms with E-state index < -0.39 is 11.9 Å². The second-order valence-electron chi connectivity index (χ2n) is 4.25. The number of carbonyl (C=O) groups excluding carboxylic acids is 2. The van der Waals surface area contributed by atoms with Crippen LogP contribution >= 0.6 is 0 Å². The van der Waals surface area contributed by atoms with Gasteiger partial charge in [-0.3, -0.25) is 0 Å². The SMILES string of the molecule is C=CC1CC2C=CC1C2.O=C1C=CC(=O)O1. The lowest BCUT2D eigenvalue weighted by Gasteiger charge is -2.11. The zero-order chi connectivity index (χ0) is 11.5. The van der Waals surface area contributed by atoms with Gasteiger partial charge in [-0.1, -0.05) is 18.2 Å². The average Bonchev–Trinajstić information content (AvgIpc) is 2.95. The maximum absolute atomic E-state index is 9.92. The van der Waals surface area contributed by atoms with Crippen LogP contribution in [0.2, 0.25) is 0 Å². The Hall–Kier alpha value is -1.64. The molecule has 3 rings (SSSR count). The maximum atomic E-state index is 9.92. The average molecular weight is 218 g/mol. The summed E-state index contributed by atoms with van der Waals surface area (Å²) in [6.45, 7) is 3.83. The Kier molecular flexibility index (Phi) is 3.04. The Morgan fingerprint density at radius 3 is 2.12 bits per heavy atom. The summed E-state index contributed by atoms with van der Waals surface area (Å²) in [5.41, 5.74) is 0. The van der Waals surface area contributed by atoms with Gasteiger partial charge in [0.25, 0.3) is 0 Å². The largest absolute Gasteiger partial charge is 0.387 e. The van der Waals surface area contributed by atoms with Crippen molar-refractivity contribution in [2.75, 3.05) is 0 Å². The first kappa shape index (κ1) is 10.9. The molecule has 0 radical (unpaired) electrons. The molecule has 0 aromatic rings. The van der Waals surface area contributed by atoms with E-state index in [4.69, 9.17) is 0 Å². The molecule has 0 aromatic carbocycles. The van der Waals surface area contributed by atoms with Crippen molar-refractivity contribution in [3.63, 3.8) is 0 Å². The quantitative estimate of drug-likeness (QED) is 0.384. The fraction of sp³-hybridized carbons (Fsp3) is 0.385. The zero-order valence-electron chi connectivity index (χ0n) is 8.96. The molecule has 0 amide bonds. The first-order chi connectivity index (χ1) is 7.69. The molecule has 3 nitrogen and oxygen atoms in total. The molecular weight excluding hydrogens is 204 g/mol. The molecule has 0 saturated heterocycles. The summed E-state index contributed by atoms with van der Waals surface area (Å²) in [6.07, 6.45) is 11.8. The van der Waals surface area contributed by atoms with E-state index in [-0.39, 0.29) is 0 Å². The van der Waals surface area contributed by atoms with E-state index in [0.717, 1.165) is 29.9 Å². The van der Waals surface area contributed by atoms with Gasteiger partial charge in [0.15, 0.2) is 0 Å². The van der Waals surface area contributed by atoms with Gasteiger partial charge in [0, 0.05) is 12.2 Å². The number of ether oxygens (including phenoxy) is 1. The maximum Gasteiger partial charge on any atom is 0.338 e. The smallest absolute Gasteiger partial charge is 0.338 e. The number of allylic oxidation sites excluding steroid dienone is 3. The summed E-state index contributed by atoms with van der Waals surface area (Å²) >= 11 is 0. The van der Waals surface area contributed by atoms with E-state index in [2.05, 4.69) is 29.5 Å². The number of hydrogen-bond donors (Lipinski definition) is 0. The molecule has 3 unspecified atom stereocenters. The highest BCUT2D eigenvalue weighted by molar-refractivity contribution is 6.04. The Morgan fingerprint density at radius 1 is 1.19 bits per heavy atom. The van der Waals surface area contributed by atoms with Crippen molar-refractivity contribution in [1.29, 1.82) is 0 Å². The topological polar surface area (TPSA) is 43.4 Å². The van der Waals surface area contributed by atoms with Gasteiger partial charge >= 0.3 is 11.9 Å². The highest BCUT2D eigenvalue weighted by Gasteiger charge is 2.33. The van der Waals surface area contributed by atoms with Crippen LogP contribution in [0.3, 0.4) is 0 Å². The first-order valence-electron chi connectivity index (χ1n) is 5.44. The van der Waals surface area contributed by atoms with Crippen molar-refractivity contribution < 1.29 is 14.3 Å². The molecule has 1 heterocycles. The van der Waals surface area contributed by atoms with E-state index in [0.29, 0.717) is 0 Å². The molecule has 2 bridgehead atoms. The lowest BCUT2D eigenvalue weighted by molar-refractivity contribution is -0.150. The number of carbonyl (C=O) groups is 2. The van der Waals surface area contributed by atoms with Gasteiger partial charge in [-0.25, -0.2) is 9.59 Å². The zero-order valence-corrected chi connectivity index (χ0v) is 8.96. The van der Waals surface area contributed by atoms with Crippen LogP contribution in [-0.2, 0) is 14.3 Å². The molecule has 16 heavy (non-hydrogen) atoms. The molecule has 2 aliphatic carbocycles. The van der Waals surface area contributed by atoms with Crippen molar-refractivity contribution >= 4 is 11.9 Å². The predicted octanol–water partition coefficient (Wildman–Crippen LogP) is 2.01. The van der Waals surface area contributed by atoms with Gasteiger partial charge < -0.3 is 4.74 Å². The van der Waals surface area contributed by atoms with E-state index in [1.807, 2.05) is 0 Å². The third-order valence-corrected chi connectivity index (χ3v) is 3.19. The molecular formula is C13H14O3. The Balaban J connectivity index is 0.000000125.